The summed E-state index contributed by atoms with van der Waals surface area (Å²) >= 11 is 0. The van der Waals surface area contributed by atoms with Crippen molar-refractivity contribution >= 4 is 11.8 Å². The van der Waals surface area contributed by atoms with Crippen LogP contribution in [-0.2, 0) is 11.3 Å². The van der Waals surface area contributed by atoms with E-state index in [0.717, 1.165) is 49.9 Å². The lowest BCUT2D eigenvalue weighted by atomic mass is 10.0. The van der Waals surface area contributed by atoms with Gasteiger partial charge in [0, 0.05) is 31.6 Å². The number of hydrogen-bond acceptors (Lipinski definition) is 2. The number of allylic oxidation sites excluding steroid dienone is 2. The maximum atomic E-state index is 12.3. The highest BCUT2D eigenvalue weighted by Gasteiger charge is 2.19. The zero-order valence-corrected chi connectivity index (χ0v) is 13.5. The number of amides is 2. The minimum absolute atomic E-state index is 0.0961. The molecule has 1 aromatic rings. The molecule has 3 rings (SSSR count). The summed E-state index contributed by atoms with van der Waals surface area (Å²) in [4.78, 5) is 26.1. The summed E-state index contributed by atoms with van der Waals surface area (Å²) in [7, 11) is 0. The molecule has 0 radical (unpaired) electrons. The molecule has 4 nitrogen and oxygen atoms in total. The number of carbonyl (C=O) groups excluding carboxylic acids is 2. The highest BCUT2D eigenvalue weighted by Crippen LogP contribution is 2.20. The van der Waals surface area contributed by atoms with Crippen LogP contribution in [0, 0.1) is 5.92 Å². The van der Waals surface area contributed by atoms with E-state index in [2.05, 4.69) is 17.5 Å². The summed E-state index contributed by atoms with van der Waals surface area (Å²) in [5.41, 5.74) is 1.76. The molecule has 1 aromatic carbocycles. The average Bonchev–Trinajstić information content (AvgIpc) is 3.26. The van der Waals surface area contributed by atoms with Gasteiger partial charge in [-0.05, 0) is 49.3 Å². The van der Waals surface area contributed by atoms with Gasteiger partial charge in [0.15, 0.2) is 0 Å². The lowest BCUT2D eigenvalue weighted by molar-refractivity contribution is -0.121. The number of carbonyl (C=O) groups is 2. The van der Waals surface area contributed by atoms with Crippen molar-refractivity contribution < 1.29 is 9.59 Å². The fraction of sp³-hybridized carbons (Fsp3) is 0.474. The fourth-order valence-electron chi connectivity index (χ4n) is 3.24. The molecule has 1 aliphatic carbocycles. The summed E-state index contributed by atoms with van der Waals surface area (Å²) in [6.45, 7) is 2.26. The minimum Gasteiger partial charge on any atom is -0.352 e. The molecule has 0 spiro atoms. The smallest absolute Gasteiger partial charge is 0.253 e. The lowest BCUT2D eigenvalue weighted by Crippen LogP contribution is -2.27. The van der Waals surface area contributed by atoms with E-state index in [4.69, 9.17) is 0 Å². The largest absolute Gasteiger partial charge is 0.352 e. The summed E-state index contributed by atoms with van der Waals surface area (Å²) in [6, 6.07) is 7.59. The van der Waals surface area contributed by atoms with Crippen molar-refractivity contribution in [1.29, 1.82) is 0 Å². The third-order valence-electron chi connectivity index (χ3n) is 4.64. The topological polar surface area (TPSA) is 49.4 Å². The van der Waals surface area contributed by atoms with Gasteiger partial charge in [-0.1, -0.05) is 24.3 Å². The Hall–Kier alpha value is -2.10. The number of benzene rings is 1. The predicted molar refractivity (Wildman–Crippen MR) is 89.9 cm³/mol. The van der Waals surface area contributed by atoms with Gasteiger partial charge in [0.2, 0.25) is 5.91 Å². The second kappa shape index (κ2) is 7.44. The zero-order chi connectivity index (χ0) is 16.1. The molecule has 1 saturated heterocycles. The maximum absolute atomic E-state index is 12.3. The number of hydrogen-bond donors (Lipinski definition) is 1. The molecule has 0 bridgehead atoms. The lowest BCUT2D eigenvalue weighted by Gasteiger charge is -2.15. The predicted octanol–water partition coefficient (Wildman–Crippen LogP) is 2.90. The third-order valence-corrected chi connectivity index (χ3v) is 4.64. The minimum atomic E-state index is 0.0961. The van der Waals surface area contributed by atoms with Crippen molar-refractivity contribution in [2.75, 3.05) is 13.1 Å². The van der Waals surface area contributed by atoms with E-state index in [-0.39, 0.29) is 11.8 Å². The van der Waals surface area contributed by atoms with Crippen molar-refractivity contribution in [3.8, 4) is 0 Å². The van der Waals surface area contributed by atoms with E-state index in [1.165, 1.54) is 0 Å². The Balaban J connectivity index is 1.48. The van der Waals surface area contributed by atoms with E-state index < -0.39 is 0 Å². The average molecular weight is 312 g/mol. The fourth-order valence-corrected chi connectivity index (χ4v) is 3.24. The van der Waals surface area contributed by atoms with Gasteiger partial charge < -0.3 is 10.2 Å². The molecule has 0 saturated carbocycles. The highest BCUT2D eigenvalue weighted by molar-refractivity contribution is 5.94. The van der Waals surface area contributed by atoms with Crippen LogP contribution >= 0.6 is 0 Å². The molecule has 1 atom stereocenters. The summed E-state index contributed by atoms with van der Waals surface area (Å²) in [5.74, 6) is 0.611. The van der Waals surface area contributed by atoms with Crippen molar-refractivity contribution in [2.24, 2.45) is 5.92 Å². The van der Waals surface area contributed by atoms with Gasteiger partial charge in [0.1, 0.15) is 0 Å². The standard InChI is InChI=1S/C19H24N2O2/c22-18(13-15-5-1-2-6-15)20-14-16-7-9-17(10-8-16)19(23)21-11-3-4-12-21/h1,5,7-10,15H,2-4,6,11-14H2,(H,20,22). The van der Waals surface area contributed by atoms with Gasteiger partial charge in [-0.15, -0.1) is 0 Å². The second-order valence-electron chi connectivity index (χ2n) is 6.44. The van der Waals surface area contributed by atoms with E-state index >= 15 is 0 Å². The van der Waals surface area contributed by atoms with Gasteiger partial charge in [-0.2, -0.15) is 0 Å². The van der Waals surface area contributed by atoms with Crippen molar-refractivity contribution in [3.63, 3.8) is 0 Å². The molecule has 0 aromatic heterocycles. The van der Waals surface area contributed by atoms with Gasteiger partial charge in [-0.3, -0.25) is 9.59 Å². The van der Waals surface area contributed by atoms with Crippen LogP contribution < -0.4 is 5.32 Å². The van der Waals surface area contributed by atoms with Crippen LogP contribution in [0.15, 0.2) is 36.4 Å². The van der Waals surface area contributed by atoms with Gasteiger partial charge in [0.25, 0.3) is 5.91 Å². The van der Waals surface area contributed by atoms with Crippen LogP contribution in [0.1, 0.15) is 48.0 Å². The number of likely N-dealkylation sites (tertiary alicyclic amines) is 1. The molecule has 1 unspecified atom stereocenters. The summed E-state index contributed by atoms with van der Waals surface area (Å²) in [6.07, 6.45) is 9.23. The van der Waals surface area contributed by atoms with Crippen LogP contribution in [0.2, 0.25) is 0 Å². The van der Waals surface area contributed by atoms with Gasteiger partial charge >= 0.3 is 0 Å². The van der Waals surface area contributed by atoms with Crippen molar-refractivity contribution in [3.05, 3.63) is 47.5 Å². The monoisotopic (exact) mass is 312 g/mol. The van der Waals surface area contributed by atoms with E-state index in [1.54, 1.807) is 0 Å². The van der Waals surface area contributed by atoms with E-state index in [0.29, 0.717) is 18.9 Å². The Kier molecular flexibility index (Phi) is 5.11. The van der Waals surface area contributed by atoms with Crippen LogP contribution in [0.5, 0.6) is 0 Å². The van der Waals surface area contributed by atoms with Gasteiger partial charge in [0.05, 0.1) is 0 Å². The van der Waals surface area contributed by atoms with E-state index in [1.807, 2.05) is 29.2 Å². The molecule has 23 heavy (non-hydrogen) atoms. The van der Waals surface area contributed by atoms with Crippen LogP contribution in [0.3, 0.4) is 0 Å². The Morgan fingerprint density at radius 1 is 1.13 bits per heavy atom. The first-order valence-electron chi connectivity index (χ1n) is 8.54. The molecule has 4 heteroatoms. The number of nitrogens with one attached hydrogen (secondary N) is 1. The number of rotatable bonds is 5. The Morgan fingerprint density at radius 3 is 2.52 bits per heavy atom. The Bertz CT molecular complexity index is 586. The maximum Gasteiger partial charge on any atom is 0.253 e. The van der Waals surface area contributed by atoms with Crippen LogP contribution in [-0.4, -0.2) is 29.8 Å². The molecule has 2 amide bonds. The first-order chi connectivity index (χ1) is 11.2. The van der Waals surface area contributed by atoms with Crippen molar-refractivity contribution in [2.45, 2.75) is 38.6 Å². The molecule has 1 heterocycles. The molecular weight excluding hydrogens is 288 g/mol. The zero-order valence-electron chi connectivity index (χ0n) is 13.5. The van der Waals surface area contributed by atoms with Crippen LogP contribution in [0.4, 0.5) is 0 Å². The SMILES string of the molecule is O=C(CC1C=CCC1)NCc1ccc(C(=O)N2CCCC2)cc1. The van der Waals surface area contributed by atoms with Crippen LogP contribution in [0.25, 0.3) is 0 Å². The Labute approximate surface area is 137 Å². The Morgan fingerprint density at radius 2 is 1.87 bits per heavy atom. The quantitative estimate of drug-likeness (QED) is 0.850. The molecule has 122 valence electrons. The number of nitrogens with zero attached hydrogens (tertiary/aromatic N) is 1. The second-order valence-corrected chi connectivity index (χ2v) is 6.44. The van der Waals surface area contributed by atoms with Gasteiger partial charge in [-0.25, -0.2) is 0 Å². The molecule has 1 aliphatic heterocycles. The third kappa shape index (κ3) is 4.21. The molecule has 2 aliphatic rings. The molecule has 1 N–H and O–H groups in total. The summed E-state index contributed by atoms with van der Waals surface area (Å²) in [5, 5.41) is 2.96. The molecule has 1 fully saturated rings. The van der Waals surface area contributed by atoms with E-state index in [9.17, 15) is 9.59 Å². The first kappa shape index (κ1) is 15.8. The van der Waals surface area contributed by atoms with Crippen molar-refractivity contribution in [1.82, 2.24) is 10.2 Å². The summed E-state index contributed by atoms with van der Waals surface area (Å²) < 4.78 is 0. The highest BCUT2D eigenvalue weighted by atomic mass is 16.2. The normalized spacial score (nSPS) is 20.0. The first-order valence-corrected chi connectivity index (χ1v) is 8.54. The molecular formula is C19H24N2O2.